The topological polar surface area (TPSA) is 78.5 Å². The minimum absolute atomic E-state index is 0. The van der Waals surface area contributed by atoms with Gasteiger partial charge in [0, 0.05) is 18.5 Å². The van der Waals surface area contributed by atoms with Gasteiger partial charge in [0.05, 0.1) is 0 Å². The van der Waals surface area contributed by atoms with Crippen LogP contribution >= 0.6 is 12.4 Å². The molecule has 2 N–H and O–H groups in total. The molecule has 1 unspecified atom stereocenters. The van der Waals surface area contributed by atoms with Crippen molar-refractivity contribution < 1.29 is 14.4 Å². The van der Waals surface area contributed by atoms with E-state index >= 15 is 0 Å². The highest BCUT2D eigenvalue weighted by molar-refractivity contribution is 6.05. The number of hydrogen-bond donors (Lipinski definition) is 2. The van der Waals surface area contributed by atoms with E-state index in [1.807, 2.05) is 12.1 Å². The zero-order valence-corrected chi connectivity index (χ0v) is 16.9. The van der Waals surface area contributed by atoms with Crippen molar-refractivity contribution >= 4 is 30.1 Å². The van der Waals surface area contributed by atoms with Crippen molar-refractivity contribution in [1.82, 2.24) is 15.5 Å². The van der Waals surface area contributed by atoms with Gasteiger partial charge < -0.3 is 10.2 Å². The van der Waals surface area contributed by atoms with E-state index in [4.69, 9.17) is 0 Å². The number of nitrogens with zero attached hydrogens (tertiary/aromatic N) is 1. The van der Waals surface area contributed by atoms with Crippen LogP contribution in [0.1, 0.15) is 60.0 Å². The fourth-order valence-corrected chi connectivity index (χ4v) is 4.55. The van der Waals surface area contributed by atoms with Gasteiger partial charge in [-0.05, 0) is 68.3 Å². The Morgan fingerprint density at radius 3 is 2.61 bits per heavy atom. The SMILES string of the molecule is Cl.O=C1CCC(N2Cc3cc(CCCC4CCNCC4)ccc3C2=O)C(=O)N1. The number of rotatable bonds is 5. The van der Waals surface area contributed by atoms with Crippen LogP contribution in [-0.2, 0) is 22.6 Å². The number of piperidine rings is 2. The number of carbonyl (C=O) groups is 3. The molecule has 2 fully saturated rings. The van der Waals surface area contributed by atoms with Crippen molar-refractivity contribution in [2.45, 2.75) is 57.5 Å². The first kappa shape index (κ1) is 20.8. The molecule has 1 aromatic carbocycles. The lowest BCUT2D eigenvalue weighted by Crippen LogP contribution is -2.52. The van der Waals surface area contributed by atoms with Crippen molar-refractivity contribution in [3.05, 3.63) is 34.9 Å². The average Bonchev–Trinajstić information content (AvgIpc) is 2.99. The van der Waals surface area contributed by atoms with E-state index in [9.17, 15) is 14.4 Å². The number of aryl methyl sites for hydroxylation is 1. The Labute approximate surface area is 171 Å². The number of carbonyl (C=O) groups excluding carboxylic acids is 3. The normalized spacial score (nSPS) is 22.6. The number of fused-ring (bicyclic) bond motifs is 1. The van der Waals surface area contributed by atoms with Gasteiger partial charge in [-0.2, -0.15) is 0 Å². The van der Waals surface area contributed by atoms with Gasteiger partial charge in [-0.3, -0.25) is 19.7 Å². The second-order valence-electron chi connectivity index (χ2n) is 7.98. The quantitative estimate of drug-likeness (QED) is 0.736. The fraction of sp³-hybridized carbons (Fsp3) is 0.571. The molecule has 3 aliphatic heterocycles. The number of halogens is 1. The third-order valence-corrected chi connectivity index (χ3v) is 6.12. The lowest BCUT2D eigenvalue weighted by atomic mass is 9.91. The van der Waals surface area contributed by atoms with Crippen LogP contribution in [-0.4, -0.2) is 41.8 Å². The smallest absolute Gasteiger partial charge is 0.255 e. The van der Waals surface area contributed by atoms with Crippen LogP contribution in [0.15, 0.2) is 18.2 Å². The Morgan fingerprint density at radius 1 is 1.07 bits per heavy atom. The summed E-state index contributed by atoms with van der Waals surface area (Å²) in [6.07, 6.45) is 6.73. The molecule has 6 nitrogen and oxygen atoms in total. The fourth-order valence-electron chi connectivity index (χ4n) is 4.55. The van der Waals surface area contributed by atoms with Crippen molar-refractivity contribution in [2.24, 2.45) is 5.92 Å². The summed E-state index contributed by atoms with van der Waals surface area (Å²) in [5, 5.41) is 5.76. The van der Waals surface area contributed by atoms with Gasteiger partial charge in [-0.15, -0.1) is 12.4 Å². The molecule has 0 saturated carbocycles. The Balaban J connectivity index is 0.00000225. The zero-order chi connectivity index (χ0) is 18.8. The number of amides is 3. The first-order valence-corrected chi connectivity index (χ1v) is 10.1. The maximum absolute atomic E-state index is 12.7. The summed E-state index contributed by atoms with van der Waals surface area (Å²) in [5.41, 5.74) is 2.96. The van der Waals surface area contributed by atoms with E-state index in [0.717, 1.165) is 31.0 Å². The second-order valence-corrected chi connectivity index (χ2v) is 7.98. The van der Waals surface area contributed by atoms with Crippen LogP contribution in [0.5, 0.6) is 0 Å². The standard InChI is InChI=1S/C21H27N3O3.ClH/c25-19-7-6-18(20(26)23-19)24-13-16-12-15(4-5-17(16)21(24)27)3-1-2-14-8-10-22-11-9-14;/h4-5,12,14,18,22H,1-3,6-11,13H2,(H,23,25,26);1H. The number of benzene rings is 1. The van der Waals surface area contributed by atoms with Crippen molar-refractivity contribution in [3.63, 3.8) is 0 Å². The van der Waals surface area contributed by atoms with Gasteiger partial charge in [0.15, 0.2) is 0 Å². The van der Waals surface area contributed by atoms with Crippen molar-refractivity contribution in [2.75, 3.05) is 13.1 Å². The summed E-state index contributed by atoms with van der Waals surface area (Å²) in [7, 11) is 0. The molecular formula is C21H28ClN3O3. The van der Waals surface area contributed by atoms with Gasteiger partial charge >= 0.3 is 0 Å². The summed E-state index contributed by atoms with van der Waals surface area (Å²) in [4.78, 5) is 37.8. The molecule has 3 aliphatic rings. The Morgan fingerprint density at radius 2 is 1.86 bits per heavy atom. The number of nitrogens with one attached hydrogen (secondary N) is 2. The first-order chi connectivity index (χ1) is 13.1. The average molecular weight is 406 g/mol. The first-order valence-electron chi connectivity index (χ1n) is 10.1. The Kier molecular flexibility index (Phi) is 6.73. The molecule has 2 saturated heterocycles. The maximum atomic E-state index is 12.7. The van der Waals surface area contributed by atoms with Gasteiger partial charge in [-0.25, -0.2) is 0 Å². The van der Waals surface area contributed by atoms with Crippen molar-refractivity contribution in [3.8, 4) is 0 Å². The van der Waals surface area contributed by atoms with Crippen LogP contribution in [0.3, 0.4) is 0 Å². The molecule has 1 aromatic rings. The van der Waals surface area contributed by atoms with Gasteiger partial charge in [0.2, 0.25) is 11.8 Å². The summed E-state index contributed by atoms with van der Waals surface area (Å²) < 4.78 is 0. The summed E-state index contributed by atoms with van der Waals surface area (Å²) >= 11 is 0. The minimum Gasteiger partial charge on any atom is -0.322 e. The molecule has 1 atom stereocenters. The summed E-state index contributed by atoms with van der Waals surface area (Å²) in [6, 6.07) is 5.55. The minimum atomic E-state index is -0.536. The van der Waals surface area contributed by atoms with E-state index in [2.05, 4.69) is 16.7 Å². The molecular weight excluding hydrogens is 378 g/mol. The Hall–Kier alpha value is -1.92. The van der Waals surface area contributed by atoms with Crippen molar-refractivity contribution in [1.29, 1.82) is 0 Å². The van der Waals surface area contributed by atoms with E-state index in [1.54, 1.807) is 4.90 Å². The lowest BCUT2D eigenvalue weighted by Gasteiger charge is -2.29. The molecule has 3 heterocycles. The van der Waals surface area contributed by atoms with E-state index in [0.29, 0.717) is 24.9 Å². The summed E-state index contributed by atoms with van der Waals surface area (Å²) in [5.74, 6) is 0.136. The number of hydrogen-bond acceptors (Lipinski definition) is 4. The van der Waals surface area contributed by atoms with Crippen LogP contribution in [0.2, 0.25) is 0 Å². The van der Waals surface area contributed by atoms with E-state index in [-0.39, 0.29) is 30.1 Å². The highest BCUT2D eigenvalue weighted by Crippen LogP contribution is 2.29. The Bertz CT molecular complexity index is 761. The highest BCUT2D eigenvalue weighted by atomic mass is 35.5. The third kappa shape index (κ3) is 4.39. The predicted octanol–water partition coefficient (Wildman–Crippen LogP) is 2.19. The van der Waals surface area contributed by atoms with Crippen LogP contribution in [0.4, 0.5) is 0 Å². The third-order valence-electron chi connectivity index (χ3n) is 6.12. The largest absolute Gasteiger partial charge is 0.322 e. The van der Waals surface area contributed by atoms with Gasteiger partial charge in [-0.1, -0.05) is 18.6 Å². The lowest BCUT2D eigenvalue weighted by molar-refractivity contribution is -0.136. The summed E-state index contributed by atoms with van der Waals surface area (Å²) in [6.45, 7) is 2.74. The number of imide groups is 1. The highest BCUT2D eigenvalue weighted by Gasteiger charge is 2.38. The molecule has 152 valence electrons. The zero-order valence-electron chi connectivity index (χ0n) is 16.0. The molecule has 28 heavy (non-hydrogen) atoms. The molecule has 0 radical (unpaired) electrons. The molecule has 0 aromatic heterocycles. The van der Waals surface area contributed by atoms with E-state index < -0.39 is 6.04 Å². The second kappa shape index (κ2) is 9.05. The molecule has 3 amide bonds. The van der Waals surface area contributed by atoms with Crippen LogP contribution in [0, 0.1) is 5.92 Å². The van der Waals surface area contributed by atoms with Crippen LogP contribution < -0.4 is 10.6 Å². The molecule has 7 heteroatoms. The van der Waals surface area contributed by atoms with E-state index in [1.165, 1.54) is 31.2 Å². The molecule has 0 bridgehead atoms. The monoisotopic (exact) mass is 405 g/mol. The molecule has 4 rings (SSSR count). The van der Waals surface area contributed by atoms with Gasteiger partial charge in [0.1, 0.15) is 6.04 Å². The maximum Gasteiger partial charge on any atom is 0.255 e. The van der Waals surface area contributed by atoms with Crippen LogP contribution in [0.25, 0.3) is 0 Å². The predicted molar refractivity (Wildman–Crippen MR) is 108 cm³/mol. The molecule has 0 aliphatic carbocycles. The van der Waals surface area contributed by atoms with Gasteiger partial charge in [0.25, 0.3) is 5.91 Å². The molecule has 0 spiro atoms.